The number of methoxy groups -OCH3 is 1. The standard InChI is InChI=1S/C22H24N2O2/c1-25-18-8-9-21-20(14-18)22(16-23,10-13-24-11-4-5-12-24)19-7-3-2-6-17(19)15-26-21/h2-3,6-9,14H,4-5,10-13,15H2,1H3. The largest absolute Gasteiger partial charge is 0.497 e. The van der Waals surface area contributed by atoms with Crippen LogP contribution < -0.4 is 9.47 Å². The molecule has 1 atom stereocenters. The van der Waals surface area contributed by atoms with Gasteiger partial charge in [0.1, 0.15) is 23.5 Å². The highest BCUT2D eigenvalue weighted by Crippen LogP contribution is 2.45. The van der Waals surface area contributed by atoms with E-state index in [0.717, 1.165) is 54.2 Å². The predicted molar refractivity (Wildman–Crippen MR) is 100 cm³/mol. The zero-order valence-corrected chi connectivity index (χ0v) is 15.2. The second kappa shape index (κ2) is 7.01. The molecule has 0 saturated carbocycles. The van der Waals surface area contributed by atoms with Crippen molar-refractivity contribution in [1.29, 1.82) is 5.26 Å². The molecule has 4 nitrogen and oxygen atoms in total. The fraction of sp³-hybridized carbons (Fsp3) is 0.409. The first-order chi connectivity index (χ1) is 12.8. The Kier molecular flexibility index (Phi) is 4.57. The van der Waals surface area contributed by atoms with Crippen LogP contribution in [0.1, 0.15) is 36.0 Å². The van der Waals surface area contributed by atoms with Gasteiger partial charge in [0, 0.05) is 12.1 Å². The van der Waals surface area contributed by atoms with Gasteiger partial charge in [-0.05, 0) is 61.7 Å². The lowest BCUT2D eigenvalue weighted by Crippen LogP contribution is -2.32. The Labute approximate surface area is 155 Å². The maximum atomic E-state index is 10.4. The van der Waals surface area contributed by atoms with Gasteiger partial charge in [0.15, 0.2) is 0 Å². The summed E-state index contributed by atoms with van der Waals surface area (Å²) in [6.45, 7) is 3.66. The molecule has 0 bridgehead atoms. The van der Waals surface area contributed by atoms with E-state index < -0.39 is 5.41 Å². The number of likely N-dealkylation sites (tertiary alicyclic amines) is 1. The lowest BCUT2D eigenvalue weighted by Gasteiger charge is -2.30. The molecule has 134 valence electrons. The van der Waals surface area contributed by atoms with Crippen LogP contribution in [0.2, 0.25) is 0 Å². The Bertz CT molecular complexity index is 836. The summed E-state index contributed by atoms with van der Waals surface area (Å²) in [6, 6.07) is 16.7. The van der Waals surface area contributed by atoms with Gasteiger partial charge in [-0.1, -0.05) is 24.3 Å². The van der Waals surface area contributed by atoms with Crippen LogP contribution in [-0.2, 0) is 12.0 Å². The van der Waals surface area contributed by atoms with E-state index in [-0.39, 0.29) is 0 Å². The number of ether oxygens (including phenoxy) is 2. The van der Waals surface area contributed by atoms with Gasteiger partial charge in [-0.25, -0.2) is 0 Å². The Balaban J connectivity index is 1.84. The first kappa shape index (κ1) is 16.9. The van der Waals surface area contributed by atoms with Crippen LogP contribution in [0, 0.1) is 11.3 Å². The number of rotatable bonds is 4. The van der Waals surface area contributed by atoms with Crippen molar-refractivity contribution < 1.29 is 9.47 Å². The van der Waals surface area contributed by atoms with Crippen LogP contribution in [0.5, 0.6) is 11.5 Å². The maximum Gasteiger partial charge on any atom is 0.125 e. The van der Waals surface area contributed by atoms with Crippen molar-refractivity contribution in [1.82, 2.24) is 4.90 Å². The van der Waals surface area contributed by atoms with Crippen molar-refractivity contribution in [3.8, 4) is 17.6 Å². The molecule has 4 heteroatoms. The minimum atomic E-state index is -0.723. The van der Waals surface area contributed by atoms with Crippen LogP contribution in [0.15, 0.2) is 42.5 Å². The molecule has 0 radical (unpaired) electrons. The van der Waals surface area contributed by atoms with Gasteiger partial charge < -0.3 is 14.4 Å². The smallest absolute Gasteiger partial charge is 0.125 e. The number of fused-ring (bicyclic) bond motifs is 2. The molecule has 2 aromatic carbocycles. The van der Waals surface area contributed by atoms with Crippen molar-refractivity contribution in [2.45, 2.75) is 31.3 Å². The minimum Gasteiger partial charge on any atom is -0.497 e. The molecule has 2 aromatic rings. The van der Waals surface area contributed by atoms with E-state index in [9.17, 15) is 5.26 Å². The third-order valence-corrected chi connectivity index (χ3v) is 5.70. The number of benzene rings is 2. The van der Waals surface area contributed by atoms with Gasteiger partial charge in [0.25, 0.3) is 0 Å². The molecule has 1 unspecified atom stereocenters. The normalized spacial score (nSPS) is 21.8. The van der Waals surface area contributed by atoms with Crippen molar-refractivity contribution in [2.24, 2.45) is 0 Å². The molecule has 0 spiro atoms. The molecule has 2 heterocycles. The van der Waals surface area contributed by atoms with Crippen molar-refractivity contribution in [2.75, 3.05) is 26.7 Å². The van der Waals surface area contributed by atoms with Gasteiger partial charge in [0.2, 0.25) is 0 Å². The van der Waals surface area contributed by atoms with Crippen molar-refractivity contribution >= 4 is 0 Å². The molecular weight excluding hydrogens is 324 g/mol. The quantitative estimate of drug-likeness (QED) is 0.841. The summed E-state index contributed by atoms with van der Waals surface area (Å²) in [5.41, 5.74) is 2.35. The lowest BCUT2D eigenvalue weighted by atomic mass is 9.71. The summed E-state index contributed by atoms with van der Waals surface area (Å²) < 4.78 is 11.5. The van der Waals surface area contributed by atoms with E-state index in [1.807, 2.05) is 30.3 Å². The Morgan fingerprint density at radius 1 is 1.15 bits per heavy atom. The summed E-state index contributed by atoms with van der Waals surface area (Å²) in [4.78, 5) is 2.47. The van der Waals surface area contributed by atoms with E-state index in [2.05, 4.69) is 23.1 Å². The van der Waals surface area contributed by atoms with Gasteiger partial charge in [-0.3, -0.25) is 0 Å². The predicted octanol–water partition coefficient (Wildman–Crippen LogP) is 3.88. The van der Waals surface area contributed by atoms with E-state index >= 15 is 0 Å². The Morgan fingerprint density at radius 3 is 2.73 bits per heavy atom. The van der Waals surface area contributed by atoms with E-state index in [1.165, 1.54) is 12.8 Å². The van der Waals surface area contributed by atoms with Crippen molar-refractivity contribution in [3.63, 3.8) is 0 Å². The lowest BCUT2D eigenvalue weighted by molar-refractivity contribution is 0.302. The van der Waals surface area contributed by atoms with Gasteiger partial charge in [-0.15, -0.1) is 0 Å². The van der Waals surface area contributed by atoms with Gasteiger partial charge >= 0.3 is 0 Å². The van der Waals surface area contributed by atoms with Crippen LogP contribution in [0.25, 0.3) is 0 Å². The van der Waals surface area contributed by atoms with Crippen LogP contribution in [-0.4, -0.2) is 31.6 Å². The minimum absolute atomic E-state index is 0.489. The highest BCUT2D eigenvalue weighted by molar-refractivity contribution is 5.57. The summed E-state index contributed by atoms with van der Waals surface area (Å²) >= 11 is 0. The zero-order valence-electron chi connectivity index (χ0n) is 15.2. The molecule has 0 aromatic heterocycles. The number of hydrogen-bond donors (Lipinski definition) is 0. The summed E-state index contributed by atoms with van der Waals surface area (Å²) in [6.07, 6.45) is 3.26. The topological polar surface area (TPSA) is 45.5 Å². The molecule has 26 heavy (non-hydrogen) atoms. The van der Waals surface area contributed by atoms with Crippen LogP contribution >= 0.6 is 0 Å². The number of nitrogens with zero attached hydrogens (tertiary/aromatic N) is 2. The van der Waals surface area contributed by atoms with E-state index in [4.69, 9.17) is 9.47 Å². The van der Waals surface area contributed by atoms with E-state index in [0.29, 0.717) is 6.61 Å². The molecule has 2 aliphatic rings. The molecule has 0 amide bonds. The number of nitriles is 1. The Morgan fingerprint density at radius 2 is 1.96 bits per heavy atom. The van der Waals surface area contributed by atoms with Crippen LogP contribution in [0.3, 0.4) is 0 Å². The molecule has 0 N–H and O–H groups in total. The third-order valence-electron chi connectivity index (χ3n) is 5.70. The number of hydrogen-bond acceptors (Lipinski definition) is 4. The molecule has 1 fully saturated rings. The first-order valence-electron chi connectivity index (χ1n) is 9.30. The fourth-order valence-electron chi connectivity index (χ4n) is 4.24. The highest BCUT2D eigenvalue weighted by Gasteiger charge is 2.41. The maximum absolute atomic E-state index is 10.4. The summed E-state index contributed by atoms with van der Waals surface area (Å²) in [5.74, 6) is 1.54. The van der Waals surface area contributed by atoms with Crippen molar-refractivity contribution in [3.05, 3.63) is 59.2 Å². The zero-order chi connectivity index (χ0) is 18.0. The average Bonchev–Trinajstić information content (AvgIpc) is 3.17. The summed E-state index contributed by atoms with van der Waals surface area (Å²) in [7, 11) is 1.66. The monoisotopic (exact) mass is 348 g/mol. The highest BCUT2D eigenvalue weighted by atomic mass is 16.5. The second-order valence-corrected chi connectivity index (χ2v) is 7.12. The molecule has 0 aliphatic carbocycles. The SMILES string of the molecule is COc1ccc2c(c1)C(C#N)(CCN1CCCC1)c1ccccc1CO2. The third kappa shape index (κ3) is 2.83. The van der Waals surface area contributed by atoms with E-state index in [1.54, 1.807) is 7.11 Å². The summed E-state index contributed by atoms with van der Waals surface area (Å²) in [5, 5.41) is 10.4. The molecular formula is C22H24N2O2. The molecule has 4 rings (SSSR count). The van der Waals surface area contributed by atoms with Gasteiger partial charge in [0.05, 0.1) is 13.2 Å². The Hall–Kier alpha value is -2.51. The second-order valence-electron chi connectivity index (χ2n) is 7.12. The van der Waals surface area contributed by atoms with Gasteiger partial charge in [-0.2, -0.15) is 5.26 Å². The molecule has 1 saturated heterocycles. The first-order valence-corrected chi connectivity index (χ1v) is 9.30. The molecule has 2 aliphatic heterocycles. The fourth-order valence-corrected chi connectivity index (χ4v) is 4.24. The van der Waals surface area contributed by atoms with Crippen LogP contribution in [0.4, 0.5) is 0 Å². The average molecular weight is 348 g/mol.